The molecule has 0 aliphatic carbocycles. The van der Waals surface area contributed by atoms with Crippen LogP contribution in [0.4, 0.5) is 11.5 Å². The SMILES string of the molecule is CNS(=O)(=O)c1nn(C)cc1NC(=O)c1coc(-c2ccnc(NCCOC)c2)n1. The van der Waals surface area contributed by atoms with Gasteiger partial charge in [-0.3, -0.25) is 9.48 Å². The van der Waals surface area contributed by atoms with E-state index in [1.54, 1.807) is 32.5 Å². The van der Waals surface area contributed by atoms with Crippen molar-refractivity contribution >= 4 is 27.4 Å². The Kier molecular flexibility index (Phi) is 6.44. The molecule has 1 amide bonds. The van der Waals surface area contributed by atoms with Crippen LogP contribution in [0.1, 0.15) is 10.5 Å². The van der Waals surface area contributed by atoms with Gasteiger partial charge >= 0.3 is 0 Å². The van der Waals surface area contributed by atoms with Gasteiger partial charge in [0.15, 0.2) is 5.69 Å². The summed E-state index contributed by atoms with van der Waals surface area (Å²) in [5.41, 5.74) is 0.617. The molecular weight excluding hydrogens is 414 g/mol. The van der Waals surface area contributed by atoms with Crippen molar-refractivity contribution in [3.8, 4) is 11.5 Å². The molecule has 30 heavy (non-hydrogen) atoms. The summed E-state index contributed by atoms with van der Waals surface area (Å²) in [6, 6.07) is 3.41. The Morgan fingerprint density at radius 1 is 1.37 bits per heavy atom. The highest BCUT2D eigenvalue weighted by Gasteiger charge is 2.24. The van der Waals surface area contributed by atoms with E-state index >= 15 is 0 Å². The Labute approximate surface area is 172 Å². The van der Waals surface area contributed by atoms with E-state index in [4.69, 9.17) is 9.15 Å². The first-order chi connectivity index (χ1) is 14.3. The summed E-state index contributed by atoms with van der Waals surface area (Å²) < 4.78 is 38.0. The number of amides is 1. The summed E-state index contributed by atoms with van der Waals surface area (Å²) in [5.74, 6) is 0.177. The van der Waals surface area contributed by atoms with E-state index in [0.29, 0.717) is 24.5 Å². The molecule has 0 radical (unpaired) electrons. The maximum atomic E-state index is 12.6. The number of nitrogens with one attached hydrogen (secondary N) is 3. The number of rotatable bonds is 9. The molecule has 3 aromatic heterocycles. The number of oxazole rings is 1. The van der Waals surface area contributed by atoms with E-state index in [-0.39, 0.29) is 22.3 Å². The summed E-state index contributed by atoms with van der Waals surface area (Å²) in [4.78, 5) is 20.9. The first-order valence-corrected chi connectivity index (χ1v) is 10.3. The standard InChI is InChI=1S/C17H21N7O5S/c1-18-30(26,27)17-12(9-24(2)23-17)21-15(25)13-10-29-16(22-13)11-4-5-19-14(8-11)20-6-7-28-3/h4-5,8-10,18H,6-7H2,1-3H3,(H,19,20)(H,21,25). The van der Waals surface area contributed by atoms with Gasteiger partial charge in [-0.25, -0.2) is 23.1 Å². The van der Waals surface area contributed by atoms with Gasteiger partial charge in [0, 0.05) is 38.7 Å². The molecule has 0 saturated heterocycles. The molecule has 0 aliphatic rings. The predicted molar refractivity (Wildman–Crippen MR) is 108 cm³/mol. The van der Waals surface area contributed by atoms with Crippen LogP contribution in [0.15, 0.2) is 40.2 Å². The number of aryl methyl sites for hydroxylation is 1. The maximum absolute atomic E-state index is 12.6. The monoisotopic (exact) mass is 435 g/mol. The lowest BCUT2D eigenvalue weighted by molar-refractivity contribution is 0.102. The van der Waals surface area contributed by atoms with E-state index in [1.165, 1.54) is 24.2 Å². The molecule has 0 aromatic carbocycles. The molecule has 12 nitrogen and oxygen atoms in total. The average Bonchev–Trinajstić information content (AvgIpc) is 3.36. The van der Waals surface area contributed by atoms with Gasteiger partial charge in [0.05, 0.1) is 6.61 Å². The number of pyridine rings is 1. The highest BCUT2D eigenvalue weighted by molar-refractivity contribution is 7.89. The fourth-order valence-corrected chi connectivity index (χ4v) is 3.31. The molecule has 0 aliphatic heterocycles. The molecule has 0 unspecified atom stereocenters. The van der Waals surface area contributed by atoms with E-state index in [2.05, 4.69) is 30.4 Å². The van der Waals surface area contributed by atoms with Gasteiger partial charge in [0.25, 0.3) is 15.9 Å². The van der Waals surface area contributed by atoms with Crippen molar-refractivity contribution in [2.45, 2.75) is 5.03 Å². The highest BCUT2D eigenvalue weighted by Crippen LogP contribution is 2.22. The highest BCUT2D eigenvalue weighted by atomic mass is 32.2. The summed E-state index contributed by atoms with van der Waals surface area (Å²) in [7, 11) is 0.552. The number of aromatic nitrogens is 4. The van der Waals surface area contributed by atoms with Crippen LogP contribution >= 0.6 is 0 Å². The van der Waals surface area contributed by atoms with E-state index in [0.717, 1.165) is 0 Å². The van der Waals surface area contributed by atoms with E-state index < -0.39 is 15.9 Å². The van der Waals surface area contributed by atoms with Crippen molar-refractivity contribution in [2.24, 2.45) is 7.05 Å². The first kappa shape index (κ1) is 21.4. The minimum absolute atomic E-state index is 0.0210. The zero-order chi connectivity index (χ0) is 21.7. The Hall–Kier alpha value is -3.29. The number of hydrogen-bond acceptors (Lipinski definition) is 9. The predicted octanol–water partition coefficient (Wildman–Crippen LogP) is 0.689. The Morgan fingerprint density at radius 3 is 2.90 bits per heavy atom. The lowest BCUT2D eigenvalue weighted by Gasteiger charge is -2.05. The zero-order valence-corrected chi connectivity index (χ0v) is 17.4. The smallest absolute Gasteiger partial charge is 0.277 e. The number of methoxy groups -OCH3 is 1. The Bertz CT molecular complexity index is 1140. The Morgan fingerprint density at radius 2 is 2.17 bits per heavy atom. The minimum Gasteiger partial charge on any atom is -0.444 e. The fraction of sp³-hybridized carbons (Fsp3) is 0.294. The molecule has 3 heterocycles. The molecular formula is C17H21N7O5S. The quantitative estimate of drug-likeness (QED) is 0.412. The second-order valence-electron chi connectivity index (χ2n) is 6.07. The Balaban J connectivity index is 1.78. The van der Waals surface area contributed by atoms with Crippen molar-refractivity contribution in [1.82, 2.24) is 24.5 Å². The normalized spacial score (nSPS) is 11.4. The third-order valence-corrected chi connectivity index (χ3v) is 5.27. The average molecular weight is 435 g/mol. The van der Waals surface area contributed by atoms with Crippen LogP contribution in [0.5, 0.6) is 0 Å². The summed E-state index contributed by atoms with van der Waals surface area (Å²) in [5, 5.41) is 9.16. The molecule has 0 bridgehead atoms. The molecule has 3 N–H and O–H groups in total. The number of ether oxygens (including phenoxy) is 1. The summed E-state index contributed by atoms with van der Waals surface area (Å²) in [6.07, 6.45) is 4.15. The van der Waals surface area contributed by atoms with Gasteiger partial charge in [-0.15, -0.1) is 0 Å². The lowest BCUT2D eigenvalue weighted by Crippen LogP contribution is -2.22. The molecule has 13 heteroatoms. The molecule has 0 spiro atoms. The number of carbonyl (C=O) groups is 1. The van der Waals surface area contributed by atoms with Crippen LogP contribution in [0.2, 0.25) is 0 Å². The van der Waals surface area contributed by atoms with Gasteiger partial charge in [-0.2, -0.15) is 5.10 Å². The molecule has 0 fully saturated rings. The van der Waals surface area contributed by atoms with Crippen LogP contribution in [0.3, 0.4) is 0 Å². The maximum Gasteiger partial charge on any atom is 0.277 e. The molecule has 3 aromatic rings. The van der Waals surface area contributed by atoms with Gasteiger partial charge in [0.1, 0.15) is 17.8 Å². The largest absolute Gasteiger partial charge is 0.444 e. The number of carbonyl (C=O) groups excluding carboxylic acids is 1. The summed E-state index contributed by atoms with van der Waals surface area (Å²) >= 11 is 0. The number of hydrogen-bond donors (Lipinski definition) is 3. The van der Waals surface area contributed by atoms with Crippen molar-refractivity contribution < 1.29 is 22.4 Å². The van der Waals surface area contributed by atoms with Crippen molar-refractivity contribution in [3.05, 3.63) is 36.5 Å². The van der Waals surface area contributed by atoms with E-state index in [9.17, 15) is 13.2 Å². The van der Waals surface area contributed by atoms with Crippen molar-refractivity contribution in [3.63, 3.8) is 0 Å². The lowest BCUT2D eigenvalue weighted by atomic mass is 10.2. The number of anilines is 2. The van der Waals surface area contributed by atoms with Crippen LogP contribution in [0, 0.1) is 0 Å². The van der Waals surface area contributed by atoms with Gasteiger partial charge in [0.2, 0.25) is 10.9 Å². The minimum atomic E-state index is -3.85. The molecule has 160 valence electrons. The molecule has 0 saturated carbocycles. The van der Waals surface area contributed by atoms with Gasteiger partial charge in [-0.1, -0.05) is 0 Å². The van der Waals surface area contributed by atoms with E-state index in [1.807, 2.05) is 0 Å². The summed E-state index contributed by atoms with van der Waals surface area (Å²) in [6.45, 7) is 1.10. The zero-order valence-electron chi connectivity index (χ0n) is 16.5. The second kappa shape index (κ2) is 9.02. The topological polar surface area (TPSA) is 153 Å². The van der Waals surface area contributed by atoms with Crippen LogP contribution in [-0.2, 0) is 21.8 Å². The fourth-order valence-electron chi connectivity index (χ4n) is 2.49. The number of sulfonamides is 1. The third-order valence-electron chi connectivity index (χ3n) is 3.92. The molecule has 3 rings (SSSR count). The van der Waals surface area contributed by atoms with Gasteiger partial charge < -0.3 is 19.8 Å². The van der Waals surface area contributed by atoms with Gasteiger partial charge in [-0.05, 0) is 19.2 Å². The van der Waals surface area contributed by atoms with Crippen LogP contribution in [-0.4, -0.2) is 61.4 Å². The molecule has 0 atom stereocenters. The first-order valence-electron chi connectivity index (χ1n) is 8.77. The third kappa shape index (κ3) is 4.82. The second-order valence-corrected chi connectivity index (χ2v) is 7.87. The van der Waals surface area contributed by atoms with Crippen LogP contribution < -0.4 is 15.4 Å². The van der Waals surface area contributed by atoms with Crippen molar-refractivity contribution in [2.75, 3.05) is 37.9 Å². The number of nitrogens with zero attached hydrogens (tertiary/aromatic N) is 4. The van der Waals surface area contributed by atoms with Crippen molar-refractivity contribution in [1.29, 1.82) is 0 Å². The van der Waals surface area contributed by atoms with Crippen LogP contribution in [0.25, 0.3) is 11.5 Å².